The molecule has 0 aliphatic carbocycles. The van der Waals surface area contributed by atoms with Gasteiger partial charge in [0.15, 0.2) is 0 Å². The summed E-state index contributed by atoms with van der Waals surface area (Å²) in [6.45, 7) is 1.97. The second-order valence-electron chi connectivity index (χ2n) is 3.54. The Balaban J connectivity index is 2.31. The average molecular weight is 278 g/mol. The van der Waals surface area contributed by atoms with Crippen molar-refractivity contribution in [3.8, 4) is 0 Å². The molecule has 0 fully saturated rings. The van der Waals surface area contributed by atoms with Gasteiger partial charge in [-0.05, 0) is 46.6 Å². The molecule has 0 spiro atoms. The van der Waals surface area contributed by atoms with Crippen molar-refractivity contribution >= 4 is 33.1 Å². The van der Waals surface area contributed by atoms with Crippen molar-refractivity contribution < 1.29 is 0 Å². The molecule has 3 nitrogen and oxygen atoms in total. The molecule has 0 bridgehead atoms. The summed E-state index contributed by atoms with van der Waals surface area (Å²) in [5, 5.41) is 3.25. The van der Waals surface area contributed by atoms with E-state index in [9.17, 15) is 0 Å². The first-order chi connectivity index (χ1) is 7.66. The zero-order valence-electron chi connectivity index (χ0n) is 8.87. The summed E-state index contributed by atoms with van der Waals surface area (Å²) in [6, 6.07) is 9.81. The average Bonchev–Trinajstić information content (AvgIpc) is 2.25. The van der Waals surface area contributed by atoms with Crippen LogP contribution in [0.4, 0.5) is 17.2 Å². The van der Waals surface area contributed by atoms with E-state index in [1.807, 2.05) is 37.3 Å². The number of rotatable bonds is 2. The number of hydrogen-bond acceptors (Lipinski definition) is 3. The quantitative estimate of drug-likeness (QED) is 0.884. The van der Waals surface area contributed by atoms with Crippen LogP contribution in [0.2, 0.25) is 0 Å². The van der Waals surface area contributed by atoms with E-state index in [1.54, 1.807) is 6.20 Å². The first-order valence-corrected chi connectivity index (χ1v) is 5.70. The molecule has 1 aromatic carbocycles. The zero-order chi connectivity index (χ0) is 11.5. The monoisotopic (exact) mass is 277 g/mol. The van der Waals surface area contributed by atoms with Crippen LogP contribution >= 0.6 is 15.9 Å². The van der Waals surface area contributed by atoms with Gasteiger partial charge in [-0.25, -0.2) is 4.98 Å². The fourth-order valence-electron chi connectivity index (χ4n) is 1.42. The summed E-state index contributed by atoms with van der Waals surface area (Å²) >= 11 is 3.48. The molecule has 2 aromatic rings. The third-order valence-corrected chi connectivity index (χ3v) is 2.92. The molecule has 1 heterocycles. The highest BCUT2D eigenvalue weighted by atomic mass is 79.9. The number of nitrogens with zero attached hydrogens (tertiary/aromatic N) is 1. The van der Waals surface area contributed by atoms with Gasteiger partial charge in [-0.1, -0.05) is 12.1 Å². The largest absolute Gasteiger partial charge is 0.397 e. The Bertz CT molecular complexity index is 511. The minimum Gasteiger partial charge on any atom is -0.397 e. The van der Waals surface area contributed by atoms with Gasteiger partial charge in [0.1, 0.15) is 5.82 Å². The maximum atomic E-state index is 5.65. The predicted octanol–water partition coefficient (Wildman–Crippen LogP) is 3.48. The van der Waals surface area contributed by atoms with E-state index in [4.69, 9.17) is 5.73 Å². The van der Waals surface area contributed by atoms with Gasteiger partial charge < -0.3 is 11.1 Å². The topological polar surface area (TPSA) is 50.9 Å². The number of para-hydroxylation sites is 1. The molecule has 0 saturated carbocycles. The van der Waals surface area contributed by atoms with E-state index >= 15 is 0 Å². The van der Waals surface area contributed by atoms with E-state index in [-0.39, 0.29) is 0 Å². The van der Waals surface area contributed by atoms with Crippen LogP contribution in [0.15, 0.2) is 41.0 Å². The number of aromatic nitrogens is 1. The van der Waals surface area contributed by atoms with E-state index in [0.717, 1.165) is 21.5 Å². The number of halogens is 1. The molecule has 0 radical (unpaired) electrons. The molecule has 16 heavy (non-hydrogen) atoms. The minimum atomic E-state index is 0.676. The fraction of sp³-hybridized carbons (Fsp3) is 0.0833. The van der Waals surface area contributed by atoms with Crippen molar-refractivity contribution in [1.82, 2.24) is 4.98 Å². The summed E-state index contributed by atoms with van der Waals surface area (Å²) in [6.07, 6.45) is 1.65. The lowest BCUT2D eigenvalue weighted by atomic mass is 10.2. The first-order valence-electron chi connectivity index (χ1n) is 4.90. The van der Waals surface area contributed by atoms with E-state index in [1.165, 1.54) is 0 Å². The smallest absolute Gasteiger partial charge is 0.133 e. The number of aryl methyl sites for hydroxylation is 1. The molecular weight excluding hydrogens is 266 g/mol. The summed E-state index contributed by atoms with van der Waals surface area (Å²) in [7, 11) is 0. The third-order valence-electron chi connectivity index (χ3n) is 2.23. The van der Waals surface area contributed by atoms with Crippen LogP contribution in [0.3, 0.4) is 0 Å². The third kappa shape index (κ3) is 2.33. The standard InChI is InChI=1S/C12H12BrN3/c1-8-6-9(14)7-15-12(8)16-11-5-3-2-4-10(11)13/h2-7H,14H2,1H3,(H,15,16). The van der Waals surface area contributed by atoms with Crippen molar-refractivity contribution in [2.45, 2.75) is 6.92 Å². The normalized spacial score (nSPS) is 10.1. The molecule has 0 aliphatic rings. The lowest BCUT2D eigenvalue weighted by molar-refractivity contribution is 1.26. The number of nitrogens with two attached hydrogens (primary N) is 1. The summed E-state index contributed by atoms with van der Waals surface area (Å²) in [4.78, 5) is 4.26. The molecule has 0 amide bonds. The fourth-order valence-corrected chi connectivity index (χ4v) is 1.80. The van der Waals surface area contributed by atoms with Crippen LogP contribution < -0.4 is 11.1 Å². The highest BCUT2D eigenvalue weighted by Gasteiger charge is 2.03. The molecular formula is C12H12BrN3. The summed E-state index contributed by atoms with van der Waals surface area (Å²) in [5.74, 6) is 0.820. The van der Waals surface area contributed by atoms with Gasteiger partial charge >= 0.3 is 0 Å². The first kappa shape index (κ1) is 11.0. The number of nitrogen functional groups attached to an aromatic ring is 1. The van der Waals surface area contributed by atoms with Gasteiger partial charge in [-0.3, -0.25) is 0 Å². The van der Waals surface area contributed by atoms with Crippen molar-refractivity contribution in [3.63, 3.8) is 0 Å². The van der Waals surface area contributed by atoms with Gasteiger partial charge in [-0.2, -0.15) is 0 Å². The highest BCUT2D eigenvalue weighted by Crippen LogP contribution is 2.26. The zero-order valence-corrected chi connectivity index (χ0v) is 10.5. The lowest BCUT2D eigenvalue weighted by Gasteiger charge is -2.10. The van der Waals surface area contributed by atoms with Crippen molar-refractivity contribution in [2.75, 3.05) is 11.1 Å². The van der Waals surface area contributed by atoms with Gasteiger partial charge in [-0.15, -0.1) is 0 Å². The molecule has 0 unspecified atom stereocenters. The van der Waals surface area contributed by atoms with E-state index in [2.05, 4.69) is 26.2 Å². The van der Waals surface area contributed by atoms with Gasteiger partial charge in [0.25, 0.3) is 0 Å². The number of hydrogen-bond donors (Lipinski definition) is 2. The lowest BCUT2D eigenvalue weighted by Crippen LogP contribution is -1.98. The molecule has 0 saturated heterocycles. The highest BCUT2D eigenvalue weighted by molar-refractivity contribution is 9.10. The molecule has 1 aromatic heterocycles. The van der Waals surface area contributed by atoms with Crippen LogP contribution in [0.5, 0.6) is 0 Å². The van der Waals surface area contributed by atoms with Crippen LogP contribution in [0.25, 0.3) is 0 Å². The van der Waals surface area contributed by atoms with Crippen LogP contribution in [-0.4, -0.2) is 4.98 Å². The second-order valence-corrected chi connectivity index (χ2v) is 4.39. The Kier molecular flexibility index (Phi) is 3.10. The van der Waals surface area contributed by atoms with Crippen molar-refractivity contribution in [3.05, 3.63) is 46.6 Å². The summed E-state index contributed by atoms with van der Waals surface area (Å²) in [5.41, 5.74) is 8.34. The van der Waals surface area contributed by atoms with Crippen LogP contribution in [-0.2, 0) is 0 Å². The molecule has 2 rings (SSSR count). The SMILES string of the molecule is Cc1cc(N)cnc1Nc1ccccc1Br. The summed E-state index contributed by atoms with van der Waals surface area (Å²) < 4.78 is 1.01. The molecule has 0 atom stereocenters. The Morgan fingerprint density at radius 2 is 2.06 bits per heavy atom. The Morgan fingerprint density at radius 1 is 1.31 bits per heavy atom. The van der Waals surface area contributed by atoms with E-state index in [0.29, 0.717) is 5.69 Å². The Morgan fingerprint density at radius 3 is 2.75 bits per heavy atom. The number of pyridine rings is 1. The molecule has 82 valence electrons. The molecule has 4 heteroatoms. The van der Waals surface area contributed by atoms with E-state index < -0.39 is 0 Å². The Labute approximate surface area is 103 Å². The minimum absolute atomic E-state index is 0.676. The Hall–Kier alpha value is -1.55. The van der Waals surface area contributed by atoms with Crippen molar-refractivity contribution in [1.29, 1.82) is 0 Å². The number of anilines is 3. The van der Waals surface area contributed by atoms with Gasteiger partial charge in [0.2, 0.25) is 0 Å². The predicted molar refractivity (Wildman–Crippen MR) is 70.8 cm³/mol. The second kappa shape index (κ2) is 4.53. The van der Waals surface area contributed by atoms with Gasteiger partial charge in [0.05, 0.1) is 17.6 Å². The van der Waals surface area contributed by atoms with Crippen molar-refractivity contribution in [2.24, 2.45) is 0 Å². The maximum Gasteiger partial charge on any atom is 0.133 e. The molecule has 0 aliphatic heterocycles. The van der Waals surface area contributed by atoms with Crippen LogP contribution in [0.1, 0.15) is 5.56 Å². The number of benzene rings is 1. The molecule has 3 N–H and O–H groups in total. The number of nitrogens with one attached hydrogen (secondary N) is 1. The maximum absolute atomic E-state index is 5.65. The van der Waals surface area contributed by atoms with Crippen LogP contribution in [0, 0.1) is 6.92 Å². The van der Waals surface area contributed by atoms with Gasteiger partial charge in [0, 0.05) is 4.47 Å².